The van der Waals surface area contributed by atoms with Crippen molar-refractivity contribution in [3.05, 3.63) is 12.0 Å². The molecule has 0 amide bonds. The maximum atomic E-state index is 12.4. The van der Waals surface area contributed by atoms with Crippen molar-refractivity contribution >= 4 is 10.0 Å². The minimum absolute atomic E-state index is 0.183. The molecule has 0 aliphatic carbocycles. The van der Waals surface area contributed by atoms with Crippen LogP contribution in [0.3, 0.4) is 0 Å². The number of hydrogen-bond acceptors (Lipinski definition) is 4. The molecule has 19 heavy (non-hydrogen) atoms. The zero-order valence-corrected chi connectivity index (χ0v) is 12.3. The summed E-state index contributed by atoms with van der Waals surface area (Å²) in [5.74, 6) is 0.697. The van der Waals surface area contributed by atoms with Crippen molar-refractivity contribution in [2.24, 2.45) is 0 Å². The maximum absolute atomic E-state index is 12.4. The van der Waals surface area contributed by atoms with Crippen LogP contribution < -0.4 is 5.32 Å². The molecular weight excluding hydrogens is 264 g/mol. The fourth-order valence-electron chi connectivity index (χ4n) is 2.31. The van der Waals surface area contributed by atoms with Crippen LogP contribution in [-0.4, -0.2) is 48.9 Å². The zero-order chi connectivity index (χ0) is 13.9. The first-order valence-electron chi connectivity index (χ1n) is 6.77. The molecule has 1 aromatic heterocycles. The zero-order valence-electron chi connectivity index (χ0n) is 11.5. The highest BCUT2D eigenvalue weighted by atomic mass is 32.2. The van der Waals surface area contributed by atoms with Crippen LogP contribution in [0.1, 0.15) is 32.0 Å². The minimum atomic E-state index is -3.45. The highest BCUT2D eigenvalue weighted by Gasteiger charge is 2.26. The van der Waals surface area contributed by atoms with E-state index in [0.717, 1.165) is 19.4 Å². The summed E-state index contributed by atoms with van der Waals surface area (Å²) in [6.07, 6.45) is 5.47. The smallest absolute Gasteiger partial charge is 0.259 e. The molecule has 1 atom stereocenters. The molecule has 1 aromatic rings. The highest BCUT2D eigenvalue weighted by Crippen LogP contribution is 2.15. The number of nitrogens with one attached hydrogen (secondary N) is 2. The number of H-pyrrole nitrogens is 1. The first-order chi connectivity index (χ1) is 9.04. The SMILES string of the molecule is CCc1ncc(S(=O)(=O)N(C)CC2CCCCN2)[nH]1. The van der Waals surface area contributed by atoms with Gasteiger partial charge in [0.15, 0.2) is 5.03 Å². The fourth-order valence-corrected chi connectivity index (χ4v) is 3.45. The molecule has 2 rings (SSSR count). The molecule has 2 N–H and O–H groups in total. The lowest BCUT2D eigenvalue weighted by molar-refractivity contribution is 0.337. The largest absolute Gasteiger partial charge is 0.332 e. The lowest BCUT2D eigenvalue weighted by Crippen LogP contribution is -2.44. The standard InChI is InChI=1S/C12H22N4O2S/c1-3-11-14-8-12(15-11)19(17,18)16(2)9-10-6-4-5-7-13-10/h8,10,13H,3-7,9H2,1-2H3,(H,14,15). The van der Waals surface area contributed by atoms with E-state index in [1.165, 1.54) is 16.9 Å². The Labute approximate surface area is 114 Å². The van der Waals surface area contributed by atoms with Crippen molar-refractivity contribution < 1.29 is 8.42 Å². The summed E-state index contributed by atoms with van der Waals surface area (Å²) in [5, 5.41) is 3.54. The minimum Gasteiger partial charge on any atom is -0.332 e. The lowest BCUT2D eigenvalue weighted by atomic mass is 10.1. The fraction of sp³-hybridized carbons (Fsp3) is 0.750. The van der Waals surface area contributed by atoms with E-state index in [1.54, 1.807) is 7.05 Å². The van der Waals surface area contributed by atoms with Gasteiger partial charge in [-0.05, 0) is 19.4 Å². The second-order valence-electron chi connectivity index (χ2n) is 4.98. The molecule has 1 unspecified atom stereocenters. The van der Waals surface area contributed by atoms with E-state index in [9.17, 15) is 8.42 Å². The van der Waals surface area contributed by atoms with Gasteiger partial charge in [0, 0.05) is 26.1 Å². The summed E-state index contributed by atoms with van der Waals surface area (Å²) in [7, 11) is -1.83. The third kappa shape index (κ3) is 3.34. The van der Waals surface area contributed by atoms with Crippen LogP contribution in [0.15, 0.2) is 11.2 Å². The van der Waals surface area contributed by atoms with E-state index in [1.807, 2.05) is 6.92 Å². The van der Waals surface area contributed by atoms with E-state index >= 15 is 0 Å². The first kappa shape index (κ1) is 14.5. The molecule has 0 bridgehead atoms. The second kappa shape index (κ2) is 6.02. The number of sulfonamides is 1. The summed E-state index contributed by atoms with van der Waals surface area (Å²) in [5.41, 5.74) is 0. The van der Waals surface area contributed by atoms with Gasteiger partial charge in [0.1, 0.15) is 5.82 Å². The quantitative estimate of drug-likeness (QED) is 0.836. The van der Waals surface area contributed by atoms with Crippen LogP contribution in [0.2, 0.25) is 0 Å². The van der Waals surface area contributed by atoms with E-state index in [4.69, 9.17) is 0 Å². The number of rotatable bonds is 5. The van der Waals surface area contributed by atoms with Gasteiger partial charge < -0.3 is 10.3 Å². The molecule has 1 fully saturated rings. The van der Waals surface area contributed by atoms with Crippen molar-refractivity contribution in [1.82, 2.24) is 19.6 Å². The number of piperidine rings is 1. The number of aromatic amines is 1. The lowest BCUT2D eigenvalue weighted by Gasteiger charge is -2.27. The molecule has 0 spiro atoms. The van der Waals surface area contributed by atoms with Crippen molar-refractivity contribution in [3.63, 3.8) is 0 Å². The van der Waals surface area contributed by atoms with Gasteiger partial charge in [0.05, 0.1) is 6.20 Å². The van der Waals surface area contributed by atoms with Gasteiger partial charge in [-0.25, -0.2) is 13.4 Å². The van der Waals surface area contributed by atoms with Crippen molar-refractivity contribution in [2.45, 2.75) is 43.7 Å². The van der Waals surface area contributed by atoms with Gasteiger partial charge in [-0.2, -0.15) is 4.31 Å². The molecule has 2 heterocycles. The Morgan fingerprint density at radius 3 is 2.84 bits per heavy atom. The van der Waals surface area contributed by atoms with Gasteiger partial charge in [0.2, 0.25) is 0 Å². The Balaban J connectivity index is 2.05. The maximum Gasteiger partial charge on any atom is 0.259 e. The Hall–Kier alpha value is -0.920. The van der Waals surface area contributed by atoms with Gasteiger partial charge in [-0.3, -0.25) is 0 Å². The third-order valence-corrected chi connectivity index (χ3v) is 5.25. The summed E-state index contributed by atoms with van der Waals surface area (Å²) in [6.45, 7) is 3.41. The predicted molar refractivity (Wildman–Crippen MR) is 73.4 cm³/mol. The molecule has 1 aliphatic rings. The topological polar surface area (TPSA) is 78.1 Å². The average molecular weight is 286 g/mol. The molecule has 1 saturated heterocycles. The summed E-state index contributed by atoms with van der Waals surface area (Å²) in [4.78, 5) is 6.91. The Morgan fingerprint density at radius 1 is 1.47 bits per heavy atom. The normalized spacial score (nSPS) is 20.9. The van der Waals surface area contributed by atoms with Crippen LogP contribution in [0.5, 0.6) is 0 Å². The number of hydrogen-bond donors (Lipinski definition) is 2. The Morgan fingerprint density at radius 2 is 2.26 bits per heavy atom. The molecule has 1 aliphatic heterocycles. The van der Waals surface area contributed by atoms with Crippen LogP contribution in [0, 0.1) is 0 Å². The molecule has 6 nitrogen and oxygen atoms in total. The third-order valence-electron chi connectivity index (χ3n) is 3.52. The van der Waals surface area contributed by atoms with Crippen molar-refractivity contribution in [3.8, 4) is 0 Å². The van der Waals surface area contributed by atoms with Crippen LogP contribution >= 0.6 is 0 Å². The Bertz CT molecular complexity index is 506. The first-order valence-corrected chi connectivity index (χ1v) is 8.21. The van der Waals surface area contributed by atoms with Crippen LogP contribution in [0.4, 0.5) is 0 Å². The second-order valence-corrected chi connectivity index (χ2v) is 6.99. The molecule has 0 saturated carbocycles. The predicted octanol–water partition coefficient (Wildman–Crippen LogP) is 0.735. The number of imidazole rings is 1. The summed E-state index contributed by atoms with van der Waals surface area (Å²) in [6, 6.07) is 0.252. The molecular formula is C12H22N4O2S. The molecule has 0 aromatic carbocycles. The van der Waals surface area contributed by atoms with Crippen LogP contribution in [-0.2, 0) is 16.4 Å². The average Bonchev–Trinajstić information content (AvgIpc) is 2.89. The monoisotopic (exact) mass is 286 g/mol. The molecule has 108 valence electrons. The van der Waals surface area contributed by atoms with Gasteiger partial charge in [0.25, 0.3) is 10.0 Å². The number of likely N-dealkylation sites (N-methyl/N-ethyl adjacent to an activating group) is 1. The Kier molecular flexibility index (Phi) is 4.59. The van der Waals surface area contributed by atoms with Gasteiger partial charge in [-0.15, -0.1) is 0 Å². The van der Waals surface area contributed by atoms with E-state index < -0.39 is 10.0 Å². The van der Waals surface area contributed by atoms with E-state index in [2.05, 4.69) is 15.3 Å². The molecule has 7 heteroatoms. The van der Waals surface area contributed by atoms with Gasteiger partial charge >= 0.3 is 0 Å². The van der Waals surface area contributed by atoms with E-state index in [-0.39, 0.29) is 11.1 Å². The number of aromatic nitrogens is 2. The number of aryl methyl sites for hydroxylation is 1. The highest BCUT2D eigenvalue weighted by molar-refractivity contribution is 7.89. The van der Waals surface area contributed by atoms with Crippen molar-refractivity contribution in [1.29, 1.82) is 0 Å². The molecule has 0 radical (unpaired) electrons. The summed E-state index contributed by atoms with van der Waals surface area (Å²) < 4.78 is 26.1. The van der Waals surface area contributed by atoms with Crippen molar-refractivity contribution in [2.75, 3.05) is 20.1 Å². The van der Waals surface area contributed by atoms with Crippen LogP contribution in [0.25, 0.3) is 0 Å². The number of nitrogens with zero attached hydrogens (tertiary/aromatic N) is 2. The van der Waals surface area contributed by atoms with E-state index in [0.29, 0.717) is 18.8 Å². The van der Waals surface area contributed by atoms with Gasteiger partial charge in [-0.1, -0.05) is 13.3 Å². The summed E-state index contributed by atoms with van der Waals surface area (Å²) >= 11 is 0.